The van der Waals surface area contributed by atoms with Crippen molar-refractivity contribution >= 4 is 34.1 Å². The lowest BCUT2D eigenvalue weighted by molar-refractivity contribution is 0.966. The fraction of sp³-hybridized carbons (Fsp3) is 0.111. The summed E-state index contributed by atoms with van der Waals surface area (Å²) in [5, 5.41) is 3.30. The van der Waals surface area contributed by atoms with Gasteiger partial charge in [-0.15, -0.1) is 0 Å². The first-order valence-corrected chi connectivity index (χ1v) is 8.11. The summed E-state index contributed by atoms with van der Waals surface area (Å²) in [6, 6.07) is 21.0. The number of rotatable bonds is 4. The molecular formula is C18H16ClNS. The third-order valence-corrected chi connectivity index (χ3v) is 4.87. The Hall–Kier alpha value is -1.48. The largest absolute Gasteiger partial charge is 0.330 e. The maximum atomic E-state index is 6.37. The Bertz CT molecular complexity index is 770. The van der Waals surface area contributed by atoms with E-state index in [0.29, 0.717) is 6.54 Å². The second-order valence-electron chi connectivity index (χ2n) is 4.91. The Morgan fingerprint density at radius 1 is 0.905 bits per heavy atom. The van der Waals surface area contributed by atoms with Gasteiger partial charge in [-0.2, -0.15) is 0 Å². The summed E-state index contributed by atoms with van der Waals surface area (Å²) in [6.07, 6.45) is 0.862. The van der Waals surface area contributed by atoms with Crippen LogP contribution < -0.4 is 5.73 Å². The Morgan fingerprint density at radius 2 is 1.71 bits per heavy atom. The number of benzene rings is 3. The van der Waals surface area contributed by atoms with Crippen LogP contribution in [0.2, 0.25) is 5.02 Å². The standard InChI is InChI=1S/C18H16ClNS/c19-17-11-13(9-10-20)5-8-18(17)21-16-7-6-14-3-1-2-4-15(14)12-16/h1-8,11-12H,9-10,20H2. The van der Waals surface area contributed by atoms with Gasteiger partial charge in [0.15, 0.2) is 0 Å². The molecule has 3 aromatic carbocycles. The quantitative estimate of drug-likeness (QED) is 0.721. The first kappa shape index (κ1) is 14.5. The molecule has 0 aliphatic carbocycles. The van der Waals surface area contributed by atoms with Gasteiger partial charge in [0, 0.05) is 9.79 Å². The minimum Gasteiger partial charge on any atom is -0.330 e. The molecule has 0 amide bonds. The van der Waals surface area contributed by atoms with Crippen LogP contribution in [0.3, 0.4) is 0 Å². The van der Waals surface area contributed by atoms with Crippen molar-refractivity contribution in [1.29, 1.82) is 0 Å². The molecule has 0 aliphatic rings. The maximum Gasteiger partial charge on any atom is 0.0548 e. The lowest BCUT2D eigenvalue weighted by Gasteiger charge is -2.07. The van der Waals surface area contributed by atoms with Gasteiger partial charge in [-0.3, -0.25) is 0 Å². The van der Waals surface area contributed by atoms with Crippen molar-refractivity contribution < 1.29 is 0 Å². The van der Waals surface area contributed by atoms with Gasteiger partial charge in [0.25, 0.3) is 0 Å². The predicted octanol–water partition coefficient (Wildman–Crippen LogP) is 5.15. The minimum atomic E-state index is 0.646. The summed E-state index contributed by atoms with van der Waals surface area (Å²) in [6.45, 7) is 0.646. The highest BCUT2D eigenvalue weighted by Gasteiger charge is 2.05. The Kier molecular flexibility index (Phi) is 4.49. The first-order valence-electron chi connectivity index (χ1n) is 6.91. The average Bonchev–Trinajstić information content (AvgIpc) is 2.50. The van der Waals surface area contributed by atoms with Crippen LogP contribution in [0.4, 0.5) is 0 Å². The average molecular weight is 314 g/mol. The number of halogens is 1. The van der Waals surface area contributed by atoms with Gasteiger partial charge in [-0.1, -0.05) is 59.8 Å². The molecule has 0 fully saturated rings. The van der Waals surface area contributed by atoms with Crippen molar-refractivity contribution in [3.8, 4) is 0 Å². The molecule has 3 heteroatoms. The molecule has 0 bridgehead atoms. The van der Waals surface area contributed by atoms with Gasteiger partial charge >= 0.3 is 0 Å². The Labute approximate surface area is 134 Å². The Balaban J connectivity index is 1.87. The molecule has 0 aromatic heterocycles. The second kappa shape index (κ2) is 6.52. The molecule has 0 saturated carbocycles. The lowest BCUT2D eigenvalue weighted by atomic mass is 10.1. The van der Waals surface area contributed by atoms with Gasteiger partial charge in [0.2, 0.25) is 0 Å². The Morgan fingerprint density at radius 3 is 2.48 bits per heavy atom. The SMILES string of the molecule is NCCc1ccc(Sc2ccc3ccccc3c2)c(Cl)c1. The van der Waals surface area contributed by atoms with Crippen LogP contribution in [0.15, 0.2) is 70.5 Å². The van der Waals surface area contributed by atoms with Gasteiger partial charge in [-0.25, -0.2) is 0 Å². The molecule has 1 nitrogen and oxygen atoms in total. The van der Waals surface area contributed by atoms with Crippen LogP contribution in [0, 0.1) is 0 Å². The monoisotopic (exact) mass is 313 g/mol. The number of hydrogen-bond donors (Lipinski definition) is 1. The zero-order chi connectivity index (χ0) is 14.7. The van der Waals surface area contributed by atoms with E-state index >= 15 is 0 Å². The van der Waals surface area contributed by atoms with E-state index in [1.807, 2.05) is 6.07 Å². The summed E-state index contributed by atoms with van der Waals surface area (Å²) in [7, 11) is 0. The molecule has 0 aliphatic heterocycles. The van der Waals surface area contributed by atoms with Gasteiger partial charge in [0.05, 0.1) is 5.02 Å². The lowest BCUT2D eigenvalue weighted by Crippen LogP contribution is -2.02. The van der Waals surface area contributed by atoms with Crippen LogP contribution in [0.25, 0.3) is 10.8 Å². The topological polar surface area (TPSA) is 26.0 Å². The predicted molar refractivity (Wildman–Crippen MR) is 92.3 cm³/mol. The third kappa shape index (κ3) is 3.41. The van der Waals surface area contributed by atoms with Crippen molar-refractivity contribution in [2.24, 2.45) is 5.73 Å². The van der Waals surface area contributed by atoms with Gasteiger partial charge in [-0.05, 0) is 53.6 Å². The van der Waals surface area contributed by atoms with Crippen LogP contribution in [-0.2, 0) is 6.42 Å². The van der Waals surface area contributed by atoms with Crippen LogP contribution >= 0.6 is 23.4 Å². The van der Waals surface area contributed by atoms with E-state index in [2.05, 4.69) is 54.6 Å². The smallest absolute Gasteiger partial charge is 0.0548 e. The molecule has 0 saturated heterocycles. The van der Waals surface area contributed by atoms with Crippen molar-refractivity contribution in [2.45, 2.75) is 16.2 Å². The summed E-state index contributed by atoms with van der Waals surface area (Å²) in [5.41, 5.74) is 6.76. The van der Waals surface area contributed by atoms with Gasteiger partial charge < -0.3 is 5.73 Å². The van der Waals surface area contributed by atoms with Gasteiger partial charge in [0.1, 0.15) is 0 Å². The highest BCUT2D eigenvalue weighted by Crippen LogP contribution is 2.35. The summed E-state index contributed by atoms with van der Waals surface area (Å²) < 4.78 is 0. The van der Waals surface area contributed by atoms with Crippen molar-refractivity contribution in [2.75, 3.05) is 6.54 Å². The molecule has 3 aromatic rings. The maximum absolute atomic E-state index is 6.37. The molecule has 106 valence electrons. The highest BCUT2D eigenvalue weighted by molar-refractivity contribution is 7.99. The normalized spacial score (nSPS) is 11.0. The fourth-order valence-corrected chi connectivity index (χ4v) is 3.49. The number of fused-ring (bicyclic) bond motifs is 1. The highest BCUT2D eigenvalue weighted by atomic mass is 35.5. The molecule has 3 rings (SSSR count). The van der Waals surface area contributed by atoms with E-state index in [0.717, 1.165) is 16.3 Å². The number of hydrogen-bond acceptors (Lipinski definition) is 2. The van der Waals surface area contributed by atoms with E-state index in [4.69, 9.17) is 17.3 Å². The van der Waals surface area contributed by atoms with Crippen molar-refractivity contribution in [3.05, 3.63) is 71.2 Å². The molecule has 2 N–H and O–H groups in total. The van der Waals surface area contributed by atoms with E-state index < -0.39 is 0 Å². The van der Waals surface area contributed by atoms with Crippen molar-refractivity contribution in [1.82, 2.24) is 0 Å². The fourth-order valence-electron chi connectivity index (χ4n) is 2.31. The first-order chi connectivity index (χ1) is 10.3. The van der Waals surface area contributed by atoms with E-state index in [-0.39, 0.29) is 0 Å². The van der Waals surface area contributed by atoms with Crippen LogP contribution in [0.1, 0.15) is 5.56 Å². The van der Waals surface area contributed by atoms with Crippen LogP contribution in [0.5, 0.6) is 0 Å². The second-order valence-corrected chi connectivity index (χ2v) is 6.44. The van der Waals surface area contributed by atoms with E-state index in [1.54, 1.807) is 11.8 Å². The molecule has 0 unspecified atom stereocenters. The minimum absolute atomic E-state index is 0.646. The summed E-state index contributed by atoms with van der Waals surface area (Å²) in [5.74, 6) is 0. The summed E-state index contributed by atoms with van der Waals surface area (Å²) in [4.78, 5) is 2.27. The molecular weight excluding hydrogens is 298 g/mol. The molecule has 0 atom stereocenters. The zero-order valence-electron chi connectivity index (χ0n) is 11.6. The van der Waals surface area contributed by atoms with Crippen molar-refractivity contribution in [3.63, 3.8) is 0 Å². The molecule has 21 heavy (non-hydrogen) atoms. The third-order valence-electron chi connectivity index (χ3n) is 3.38. The van der Waals surface area contributed by atoms with Crippen LogP contribution in [-0.4, -0.2) is 6.54 Å². The van der Waals surface area contributed by atoms with E-state index in [9.17, 15) is 0 Å². The van der Waals surface area contributed by atoms with E-state index in [1.165, 1.54) is 21.2 Å². The summed E-state index contributed by atoms with van der Waals surface area (Å²) >= 11 is 8.06. The number of nitrogens with two attached hydrogens (primary N) is 1. The zero-order valence-corrected chi connectivity index (χ0v) is 13.1. The molecule has 0 heterocycles. The molecule has 0 spiro atoms. The molecule has 0 radical (unpaired) electrons.